The zero-order valence-electron chi connectivity index (χ0n) is 65.0. The molecule has 121 heavy (non-hydrogen) atoms. The van der Waals surface area contributed by atoms with E-state index in [1.54, 1.807) is 0 Å². The van der Waals surface area contributed by atoms with Crippen LogP contribution >= 0.6 is 11.6 Å². The molecule has 10 heteroatoms. The lowest BCUT2D eigenvalue weighted by Crippen LogP contribution is -2.00. The Morgan fingerprint density at radius 1 is 0.240 bits per heavy atom. The van der Waals surface area contributed by atoms with Crippen LogP contribution in [0.1, 0.15) is 11.1 Å². The first-order valence-corrected chi connectivity index (χ1v) is 41.1. The van der Waals surface area contributed by atoms with Crippen LogP contribution in [0.5, 0.6) is 0 Å². The van der Waals surface area contributed by atoms with Crippen molar-refractivity contribution in [2.75, 3.05) is 0 Å². The van der Waals surface area contributed by atoms with Gasteiger partial charge in [0, 0.05) is 105 Å². The van der Waals surface area contributed by atoms with Crippen molar-refractivity contribution in [3.05, 3.63) is 404 Å². The highest BCUT2D eigenvalue weighted by atomic mass is 35.5. The summed E-state index contributed by atoms with van der Waals surface area (Å²) in [5, 5.41) is 26.0. The topological polar surface area (TPSA) is 109 Å². The number of halogens is 1. The van der Waals surface area contributed by atoms with E-state index in [1.807, 2.05) is 91.0 Å². The highest BCUT2D eigenvalue weighted by Crippen LogP contribution is 2.48. The molecule has 20 aromatic carbocycles. The lowest BCUT2D eigenvalue weighted by molar-refractivity contribution is 0.672. The lowest BCUT2D eigenvalue weighted by Gasteiger charge is -2.11. The number of hydrogen-bond acceptors (Lipinski definition) is 8. The van der Waals surface area contributed by atoms with Gasteiger partial charge < -0.3 is 13.4 Å². The van der Waals surface area contributed by atoms with Gasteiger partial charge in [-0.1, -0.05) is 321 Å². The fourth-order valence-corrected chi connectivity index (χ4v) is 18.6. The first-order chi connectivity index (χ1) is 59.8. The fourth-order valence-electron chi connectivity index (χ4n) is 18.4. The molecule has 0 fully saturated rings. The molecule has 0 saturated heterocycles. The van der Waals surface area contributed by atoms with Crippen molar-refractivity contribution in [1.82, 2.24) is 34.5 Å². The van der Waals surface area contributed by atoms with Crippen LogP contribution in [0.3, 0.4) is 0 Å². The summed E-state index contributed by atoms with van der Waals surface area (Å²) in [4.78, 5) is 30.6. The van der Waals surface area contributed by atoms with E-state index in [0.717, 1.165) is 127 Å². The van der Waals surface area contributed by atoms with Crippen molar-refractivity contribution in [3.63, 3.8) is 0 Å². The Kier molecular flexibility index (Phi) is 16.2. The molecule has 0 N–H and O–H groups in total. The first kappa shape index (κ1) is 69.5. The Labute approximate surface area is 698 Å². The summed E-state index contributed by atoms with van der Waals surface area (Å²) in [5.74, 6) is 3.65. The summed E-state index contributed by atoms with van der Waals surface area (Å²) < 4.78 is 15.9. The van der Waals surface area contributed by atoms with Gasteiger partial charge in [-0.3, -0.25) is 0 Å². The number of furan rings is 2. The van der Waals surface area contributed by atoms with Gasteiger partial charge in [-0.05, 0) is 165 Å². The van der Waals surface area contributed by atoms with Gasteiger partial charge in [-0.25, -0.2) is 29.9 Å². The third-order valence-corrected chi connectivity index (χ3v) is 24.4. The Bertz CT molecular complexity index is 8610. The number of benzene rings is 20. The van der Waals surface area contributed by atoms with Crippen LogP contribution in [-0.4, -0.2) is 34.5 Å². The molecule has 0 spiro atoms. The monoisotopic (exact) mass is 1560 g/mol. The van der Waals surface area contributed by atoms with E-state index in [-0.39, 0.29) is 0 Å². The number of fused-ring (bicyclic) bond motifs is 24. The molecule has 26 rings (SSSR count). The standard InChI is InChI=1S/C55H32N4O.C35H20ClN3O.C21H14/c1-2-14-35(15-3-1)53-56-54(40-23-22-33-12-4-5-16-36(33)28-40)58-55(57-53)47-30-39-19-9-11-21-43(39)52-50(47)45-27-25-41(32-49(45)60-52)59-48-31-38-18-7-6-17-37(38)29-46(48)44-26-24-34-13-8-10-20-42(34)51(44)59;36-26-16-17-28-30(20-26)40-32-27-13-7-6-12-24(27)19-29(31(28)32)35-38-33(22-9-2-1-3-10-22)37-34(39-35)25-15-14-21-8-4-5-11-23(21)18-25;1-2-7-16-12-20-17(11-15(16)6-1)13-21-18-8-4-3-5-14(18)9-10-19(20)21/h1-32H;1-20H;1-12H,13H2. The fraction of sp³-hybridized carbons (Fsp3) is 0.00901. The van der Waals surface area contributed by atoms with E-state index in [4.69, 9.17) is 50.3 Å². The van der Waals surface area contributed by atoms with Gasteiger partial charge in [0.25, 0.3) is 0 Å². The second-order valence-corrected chi connectivity index (χ2v) is 31.7. The van der Waals surface area contributed by atoms with Crippen LogP contribution in [0.25, 0.3) is 237 Å². The molecule has 564 valence electrons. The molecule has 0 unspecified atom stereocenters. The maximum absolute atomic E-state index is 7.04. The third kappa shape index (κ3) is 11.9. The van der Waals surface area contributed by atoms with Crippen LogP contribution in [0, 0.1) is 0 Å². The zero-order valence-corrected chi connectivity index (χ0v) is 65.7. The SMILES string of the molecule is Clc1ccc2c(c1)oc1c3ccccc3cc(-c3nc(-c4ccccc4)nc(-c4ccc5ccccc5c4)n3)c21.c1ccc(-c2nc(-c3ccc4ccccc4c3)nc(-c3cc4ccccc4c4oc5cc(-n6c7cc8ccccc8cc7c7ccc8ccccc8c76)ccc5c34)n2)cc1.c1ccc2cc3c(cc2c1)Cc1c-3ccc2ccccc12. The quantitative estimate of drug-likeness (QED) is 0.155. The molecule has 0 amide bonds. The predicted octanol–water partition coefficient (Wildman–Crippen LogP) is 29.8. The summed E-state index contributed by atoms with van der Waals surface area (Å²) >= 11 is 6.35. The summed E-state index contributed by atoms with van der Waals surface area (Å²) in [6.07, 6.45) is 1.05. The van der Waals surface area contributed by atoms with Gasteiger partial charge in [-0.15, -0.1) is 0 Å². The first-order valence-electron chi connectivity index (χ1n) is 40.7. The van der Waals surface area contributed by atoms with Gasteiger partial charge in [-0.2, -0.15) is 0 Å². The smallest absolute Gasteiger partial charge is 0.164 e. The maximum Gasteiger partial charge on any atom is 0.164 e. The Hall–Kier alpha value is -15.8. The molecule has 0 radical (unpaired) electrons. The highest BCUT2D eigenvalue weighted by Gasteiger charge is 2.27. The predicted molar refractivity (Wildman–Crippen MR) is 501 cm³/mol. The summed E-state index contributed by atoms with van der Waals surface area (Å²) in [5.41, 5.74) is 17.7. The van der Waals surface area contributed by atoms with Crippen molar-refractivity contribution in [1.29, 1.82) is 0 Å². The molecule has 1 aliphatic carbocycles. The summed E-state index contributed by atoms with van der Waals surface area (Å²) in [7, 11) is 0. The number of hydrogen-bond donors (Lipinski definition) is 0. The summed E-state index contributed by atoms with van der Waals surface area (Å²) in [6, 6.07) is 136. The van der Waals surface area contributed by atoms with E-state index in [9.17, 15) is 0 Å². The van der Waals surface area contributed by atoms with Crippen LogP contribution in [0.15, 0.2) is 397 Å². The normalized spacial score (nSPS) is 12.0. The molecular formula is C111H66ClN7O2. The van der Waals surface area contributed by atoms with Crippen LogP contribution in [0.4, 0.5) is 0 Å². The number of nitrogens with zero attached hydrogens (tertiary/aromatic N) is 7. The van der Waals surface area contributed by atoms with Crippen molar-refractivity contribution in [2.45, 2.75) is 6.42 Å². The maximum atomic E-state index is 7.04. The number of rotatable bonds is 7. The molecule has 0 saturated carbocycles. The minimum absolute atomic E-state index is 0.588. The second kappa shape index (κ2) is 28.2. The molecule has 1 aliphatic rings. The van der Waals surface area contributed by atoms with E-state index in [0.29, 0.717) is 40.0 Å². The van der Waals surface area contributed by atoms with Crippen LogP contribution in [0.2, 0.25) is 5.02 Å². The Morgan fingerprint density at radius 2 is 0.636 bits per heavy atom. The minimum Gasteiger partial charge on any atom is -0.455 e. The Morgan fingerprint density at radius 3 is 1.20 bits per heavy atom. The Balaban J connectivity index is 0.000000116. The minimum atomic E-state index is 0.588. The molecule has 0 bridgehead atoms. The molecule has 0 atom stereocenters. The van der Waals surface area contributed by atoms with Gasteiger partial charge in [0.15, 0.2) is 34.9 Å². The molecule has 0 aliphatic heterocycles. The zero-order chi connectivity index (χ0) is 79.8. The van der Waals surface area contributed by atoms with Crippen molar-refractivity contribution in [2.24, 2.45) is 0 Å². The number of aromatic nitrogens is 7. The summed E-state index contributed by atoms with van der Waals surface area (Å²) in [6.45, 7) is 0. The van der Waals surface area contributed by atoms with Gasteiger partial charge in [0.05, 0.1) is 11.0 Å². The van der Waals surface area contributed by atoms with Gasteiger partial charge >= 0.3 is 0 Å². The highest BCUT2D eigenvalue weighted by molar-refractivity contribution is 6.32. The van der Waals surface area contributed by atoms with E-state index in [1.165, 1.54) is 92.4 Å². The van der Waals surface area contributed by atoms with Crippen LogP contribution in [-0.2, 0) is 6.42 Å². The van der Waals surface area contributed by atoms with Crippen molar-refractivity contribution >= 4 is 163 Å². The van der Waals surface area contributed by atoms with Crippen LogP contribution < -0.4 is 0 Å². The van der Waals surface area contributed by atoms with Crippen molar-refractivity contribution < 1.29 is 8.83 Å². The van der Waals surface area contributed by atoms with Gasteiger partial charge in [0.2, 0.25) is 0 Å². The molecule has 5 aromatic heterocycles. The molecular weight excluding hydrogens is 1500 g/mol. The average Bonchev–Trinajstić information content (AvgIpc) is 1.55. The van der Waals surface area contributed by atoms with E-state index < -0.39 is 0 Å². The van der Waals surface area contributed by atoms with E-state index >= 15 is 0 Å². The van der Waals surface area contributed by atoms with Crippen molar-refractivity contribution in [3.8, 4) is 85.1 Å². The van der Waals surface area contributed by atoms with Gasteiger partial charge in [0.1, 0.15) is 22.3 Å². The third-order valence-electron chi connectivity index (χ3n) is 24.2. The lowest BCUT2D eigenvalue weighted by atomic mass is 9.98. The average molecular weight is 1570 g/mol. The molecule has 5 heterocycles. The largest absolute Gasteiger partial charge is 0.455 e. The molecule has 9 nitrogen and oxygen atoms in total. The van der Waals surface area contributed by atoms with E-state index in [2.05, 4.69) is 302 Å². The molecule has 25 aromatic rings. The second-order valence-electron chi connectivity index (χ2n) is 31.3.